The van der Waals surface area contributed by atoms with Crippen LogP contribution in [0.1, 0.15) is 11.0 Å². The maximum Gasteiger partial charge on any atom is 0.0629 e. The van der Waals surface area contributed by atoms with Crippen molar-refractivity contribution in [3.05, 3.63) is 194 Å². The fourth-order valence-electron chi connectivity index (χ4n) is 5.47. The molecule has 216 valence electrons. The fourth-order valence-corrected chi connectivity index (χ4v) is 5.47. The van der Waals surface area contributed by atoms with E-state index in [0.717, 1.165) is 34.1 Å². The number of rotatable bonds is 8. The van der Waals surface area contributed by atoms with Gasteiger partial charge in [0.05, 0.1) is 5.48 Å². The summed E-state index contributed by atoms with van der Waals surface area (Å²) >= 11 is 0. The average Bonchev–Trinajstić information content (AvgIpc) is 3.15. The summed E-state index contributed by atoms with van der Waals surface area (Å²) < 4.78 is 36.0. The maximum absolute atomic E-state index is 9.01. The molecule has 7 aromatic carbocycles. The Morgan fingerprint density at radius 2 is 0.578 bits per heavy atom. The molecule has 0 atom stereocenters. The normalized spacial score (nSPS) is 12.0. The molecule has 0 heterocycles. The molecule has 0 bridgehead atoms. The predicted molar refractivity (Wildman–Crippen MR) is 191 cm³/mol. The van der Waals surface area contributed by atoms with Crippen LogP contribution in [-0.2, 0) is 0 Å². The SMILES string of the molecule is [2H]c1c([2H])c(-c2ccc(N(c3ccccc3)c3ccc(C)cc3)cc2)c([2H])c([2H])c1-c1ccc(N(c2ccccc2)c2ccccc2)cc1. The summed E-state index contributed by atoms with van der Waals surface area (Å²) in [4.78, 5) is 4.30. The zero-order valence-corrected chi connectivity index (χ0v) is 25.0. The van der Waals surface area contributed by atoms with Crippen LogP contribution in [0.2, 0.25) is 0 Å². The summed E-state index contributed by atoms with van der Waals surface area (Å²) in [6.45, 7) is 2.06. The maximum atomic E-state index is 9.01. The van der Waals surface area contributed by atoms with Crippen LogP contribution in [0.4, 0.5) is 34.1 Å². The molecule has 0 saturated heterocycles. The van der Waals surface area contributed by atoms with Crippen molar-refractivity contribution in [1.29, 1.82) is 0 Å². The minimum absolute atomic E-state index is 0.0681. The molecule has 0 N–H and O–H groups in total. The van der Waals surface area contributed by atoms with Crippen LogP contribution in [0.5, 0.6) is 0 Å². The fraction of sp³-hybridized carbons (Fsp3) is 0.0233. The molecule has 0 aliphatic rings. The molecule has 2 heteroatoms. The highest BCUT2D eigenvalue weighted by Crippen LogP contribution is 2.37. The van der Waals surface area contributed by atoms with Crippen molar-refractivity contribution in [2.75, 3.05) is 9.80 Å². The number of benzene rings is 7. The lowest BCUT2D eigenvalue weighted by atomic mass is 9.99. The van der Waals surface area contributed by atoms with Gasteiger partial charge in [0.25, 0.3) is 0 Å². The second kappa shape index (κ2) is 12.8. The first-order chi connectivity index (χ1) is 23.9. The van der Waals surface area contributed by atoms with Gasteiger partial charge in [0.2, 0.25) is 0 Å². The summed E-state index contributed by atoms with van der Waals surface area (Å²) in [7, 11) is 0. The Hall–Kier alpha value is -5.86. The molecule has 0 unspecified atom stereocenters. The smallest absolute Gasteiger partial charge is 0.0629 e. The first-order valence-electron chi connectivity index (χ1n) is 17.0. The molecule has 7 aromatic rings. The van der Waals surface area contributed by atoms with E-state index in [9.17, 15) is 0 Å². The Labute approximate surface area is 271 Å². The van der Waals surface area contributed by atoms with Crippen molar-refractivity contribution >= 4 is 34.1 Å². The number of aryl methyl sites for hydroxylation is 1. The van der Waals surface area contributed by atoms with Gasteiger partial charge in [-0.25, -0.2) is 0 Å². The van der Waals surface area contributed by atoms with Crippen LogP contribution < -0.4 is 9.80 Å². The van der Waals surface area contributed by atoms with E-state index in [2.05, 4.69) is 77.4 Å². The molecule has 0 saturated carbocycles. The standard InChI is InChI=1S/C43H34N2/c1-33-17-27-41(28-18-33)45(40-15-9-4-10-16-40)43-31-25-37(26-32-43)35-21-19-34(20-22-35)36-23-29-42(30-24-36)44(38-11-5-2-6-12-38)39-13-7-3-8-14-39/h2-32H,1H3/i19D,20D,21D,22D. The lowest BCUT2D eigenvalue weighted by Gasteiger charge is -2.25. The monoisotopic (exact) mass is 582 g/mol. The van der Waals surface area contributed by atoms with Crippen molar-refractivity contribution in [2.45, 2.75) is 6.92 Å². The van der Waals surface area contributed by atoms with E-state index in [4.69, 9.17) is 5.48 Å². The minimum Gasteiger partial charge on any atom is -0.311 e. The molecule has 0 spiro atoms. The van der Waals surface area contributed by atoms with Gasteiger partial charge in [0, 0.05) is 34.1 Å². The Morgan fingerprint density at radius 1 is 0.311 bits per heavy atom. The number of nitrogens with zero attached hydrogens (tertiary/aromatic N) is 2. The number of para-hydroxylation sites is 3. The van der Waals surface area contributed by atoms with E-state index < -0.39 is 0 Å². The molecular weight excluding hydrogens is 544 g/mol. The summed E-state index contributed by atoms with van der Waals surface area (Å²) in [6, 6.07) is 53.7. The second-order valence-corrected chi connectivity index (χ2v) is 10.9. The highest BCUT2D eigenvalue weighted by Gasteiger charge is 2.14. The average molecular weight is 583 g/mol. The third kappa shape index (κ3) is 6.13. The van der Waals surface area contributed by atoms with Crippen molar-refractivity contribution in [3.8, 4) is 22.3 Å². The Bertz CT molecular complexity index is 2120. The van der Waals surface area contributed by atoms with Gasteiger partial charge in [-0.2, -0.15) is 0 Å². The molecule has 7 rings (SSSR count). The van der Waals surface area contributed by atoms with E-state index in [-0.39, 0.29) is 35.3 Å². The third-order valence-corrected chi connectivity index (χ3v) is 7.79. The van der Waals surface area contributed by atoms with Crippen LogP contribution in [-0.4, -0.2) is 0 Å². The molecule has 0 aliphatic carbocycles. The lowest BCUT2D eigenvalue weighted by molar-refractivity contribution is 1.27. The Kier molecular flexibility index (Phi) is 6.70. The largest absolute Gasteiger partial charge is 0.311 e. The zero-order chi connectivity index (χ0) is 33.9. The third-order valence-electron chi connectivity index (χ3n) is 7.79. The van der Waals surface area contributed by atoms with Crippen molar-refractivity contribution in [2.24, 2.45) is 0 Å². The first kappa shape index (κ1) is 23.6. The second-order valence-electron chi connectivity index (χ2n) is 10.9. The van der Waals surface area contributed by atoms with Gasteiger partial charge < -0.3 is 9.80 Å². The van der Waals surface area contributed by atoms with Crippen LogP contribution in [0.15, 0.2) is 188 Å². The first-order valence-corrected chi connectivity index (χ1v) is 15.0. The highest BCUT2D eigenvalue weighted by atomic mass is 15.1. The number of anilines is 6. The van der Waals surface area contributed by atoms with Crippen LogP contribution >= 0.6 is 0 Å². The summed E-state index contributed by atoms with van der Waals surface area (Å²) in [5, 5.41) is 0. The van der Waals surface area contributed by atoms with Gasteiger partial charge in [0.1, 0.15) is 0 Å². The van der Waals surface area contributed by atoms with E-state index in [1.54, 1.807) is 0 Å². The van der Waals surface area contributed by atoms with Crippen LogP contribution in [0.25, 0.3) is 22.3 Å². The van der Waals surface area contributed by atoms with Gasteiger partial charge >= 0.3 is 0 Å². The van der Waals surface area contributed by atoms with Crippen molar-refractivity contribution in [3.63, 3.8) is 0 Å². The molecule has 0 aromatic heterocycles. The molecule has 0 fully saturated rings. The van der Waals surface area contributed by atoms with Crippen LogP contribution in [0, 0.1) is 6.92 Å². The van der Waals surface area contributed by atoms with E-state index in [1.807, 2.05) is 103 Å². The van der Waals surface area contributed by atoms with Gasteiger partial charge in [-0.3, -0.25) is 0 Å². The Balaban J connectivity index is 1.24. The topological polar surface area (TPSA) is 6.48 Å². The molecule has 2 nitrogen and oxygen atoms in total. The summed E-state index contributed by atoms with van der Waals surface area (Å²) in [6.07, 6.45) is 0. The van der Waals surface area contributed by atoms with Gasteiger partial charge in [-0.1, -0.05) is 121 Å². The lowest BCUT2D eigenvalue weighted by Crippen LogP contribution is -2.09. The predicted octanol–water partition coefficient (Wildman–Crippen LogP) is 12.3. The zero-order valence-electron chi connectivity index (χ0n) is 29.0. The summed E-state index contributed by atoms with van der Waals surface area (Å²) in [5.41, 5.74) is 8.87. The number of hydrogen-bond donors (Lipinski definition) is 0. The molecule has 0 aliphatic heterocycles. The summed E-state index contributed by atoms with van der Waals surface area (Å²) in [5.74, 6) is 0. The molecule has 0 amide bonds. The van der Waals surface area contributed by atoms with E-state index in [1.165, 1.54) is 5.56 Å². The molecule has 45 heavy (non-hydrogen) atoms. The number of hydrogen-bond acceptors (Lipinski definition) is 2. The van der Waals surface area contributed by atoms with Crippen molar-refractivity contribution < 1.29 is 5.48 Å². The quantitative estimate of drug-likeness (QED) is 0.176. The minimum atomic E-state index is -0.0682. The van der Waals surface area contributed by atoms with Crippen LogP contribution in [0.3, 0.4) is 0 Å². The van der Waals surface area contributed by atoms with E-state index in [0.29, 0.717) is 11.1 Å². The molecule has 0 radical (unpaired) electrons. The van der Waals surface area contributed by atoms with Gasteiger partial charge in [-0.15, -0.1) is 0 Å². The highest BCUT2D eigenvalue weighted by molar-refractivity contribution is 5.80. The molecular formula is C43H34N2. The van der Waals surface area contributed by atoms with Gasteiger partial charge in [-0.05, 0) is 102 Å². The van der Waals surface area contributed by atoms with Crippen molar-refractivity contribution in [1.82, 2.24) is 0 Å². The van der Waals surface area contributed by atoms with E-state index >= 15 is 0 Å². The van der Waals surface area contributed by atoms with Gasteiger partial charge in [0.15, 0.2) is 0 Å². The Morgan fingerprint density at radius 3 is 0.889 bits per heavy atom.